The third-order valence-corrected chi connectivity index (χ3v) is 2.30. The van der Waals surface area contributed by atoms with E-state index in [9.17, 15) is 0 Å². The van der Waals surface area contributed by atoms with E-state index in [1.807, 2.05) is 6.92 Å². The molecule has 1 aromatic rings. The molecule has 1 aromatic heterocycles. The molecule has 0 spiro atoms. The van der Waals surface area contributed by atoms with Gasteiger partial charge >= 0.3 is 0 Å². The number of nitrogens with zero attached hydrogens (tertiary/aromatic N) is 3. The Morgan fingerprint density at radius 1 is 1.54 bits per heavy atom. The van der Waals surface area contributed by atoms with E-state index in [1.54, 1.807) is 0 Å². The fraction of sp³-hybridized carbons (Fsp3) is 0.750. The summed E-state index contributed by atoms with van der Waals surface area (Å²) in [5.41, 5.74) is 0. The zero-order chi connectivity index (χ0) is 9.26. The molecular formula is C8H15N5. The van der Waals surface area contributed by atoms with Gasteiger partial charge in [-0.25, -0.2) is 4.98 Å². The largest absolute Gasteiger partial charge is 0.305 e. The van der Waals surface area contributed by atoms with E-state index in [-0.39, 0.29) is 6.04 Å². The van der Waals surface area contributed by atoms with Gasteiger partial charge in [-0.3, -0.25) is 5.10 Å². The molecule has 5 nitrogen and oxygen atoms in total. The second-order valence-electron chi connectivity index (χ2n) is 3.55. The maximum Gasteiger partial charge on any atom is 0.168 e. The van der Waals surface area contributed by atoms with Crippen LogP contribution in [0.4, 0.5) is 0 Å². The number of rotatable bonds is 1. The molecule has 0 aliphatic carbocycles. The van der Waals surface area contributed by atoms with Crippen molar-refractivity contribution in [2.45, 2.75) is 13.0 Å². The topological polar surface area (TPSA) is 56.8 Å². The average Bonchev–Trinajstić information content (AvgIpc) is 2.52. The molecule has 72 valence electrons. The highest BCUT2D eigenvalue weighted by Gasteiger charge is 2.21. The van der Waals surface area contributed by atoms with Crippen LogP contribution >= 0.6 is 0 Å². The molecule has 1 fully saturated rings. The van der Waals surface area contributed by atoms with E-state index < -0.39 is 0 Å². The minimum atomic E-state index is 0.281. The molecule has 0 radical (unpaired) electrons. The monoisotopic (exact) mass is 181 g/mol. The van der Waals surface area contributed by atoms with Gasteiger partial charge in [0.1, 0.15) is 5.82 Å². The summed E-state index contributed by atoms with van der Waals surface area (Å²) < 4.78 is 0. The fourth-order valence-corrected chi connectivity index (χ4v) is 1.59. The van der Waals surface area contributed by atoms with Crippen LogP contribution in [0.2, 0.25) is 0 Å². The van der Waals surface area contributed by atoms with Crippen LogP contribution in [0.15, 0.2) is 0 Å². The molecule has 1 aliphatic heterocycles. The van der Waals surface area contributed by atoms with Crippen molar-refractivity contribution < 1.29 is 0 Å². The van der Waals surface area contributed by atoms with Crippen LogP contribution in [-0.2, 0) is 0 Å². The minimum absolute atomic E-state index is 0.281. The summed E-state index contributed by atoms with van der Waals surface area (Å²) in [5, 5.41) is 10.4. The van der Waals surface area contributed by atoms with Crippen LogP contribution in [0.3, 0.4) is 0 Å². The highest BCUT2D eigenvalue weighted by atomic mass is 15.3. The van der Waals surface area contributed by atoms with E-state index in [2.05, 4.69) is 32.4 Å². The Balaban J connectivity index is 2.08. The van der Waals surface area contributed by atoms with Crippen LogP contribution in [0.25, 0.3) is 0 Å². The fourth-order valence-electron chi connectivity index (χ4n) is 1.59. The van der Waals surface area contributed by atoms with Crippen LogP contribution in [0.1, 0.15) is 17.7 Å². The van der Waals surface area contributed by atoms with Crippen molar-refractivity contribution in [3.8, 4) is 0 Å². The number of likely N-dealkylation sites (N-methyl/N-ethyl adjacent to an activating group) is 1. The van der Waals surface area contributed by atoms with Crippen LogP contribution in [0, 0.1) is 6.92 Å². The van der Waals surface area contributed by atoms with Crippen molar-refractivity contribution in [2.75, 3.05) is 26.7 Å². The minimum Gasteiger partial charge on any atom is -0.305 e. The molecule has 1 aliphatic rings. The lowest BCUT2D eigenvalue weighted by molar-refractivity contribution is 0.235. The maximum atomic E-state index is 4.31. The third kappa shape index (κ3) is 1.87. The Bertz CT molecular complexity index is 282. The molecule has 5 heteroatoms. The Morgan fingerprint density at radius 3 is 3.00 bits per heavy atom. The van der Waals surface area contributed by atoms with E-state index in [0.717, 1.165) is 31.3 Å². The van der Waals surface area contributed by atoms with Crippen LogP contribution < -0.4 is 5.32 Å². The van der Waals surface area contributed by atoms with Gasteiger partial charge in [-0.15, -0.1) is 0 Å². The SMILES string of the molecule is Cc1nc(C2CN(C)CCN2)n[nH]1. The second-order valence-corrected chi connectivity index (χ2v) is 3.55. The normalized spacial score (nSPS) is 24.9. The lowest BCUT2D eigenvalue weighted by Gasteiger charge is -2.28. The first-order valence-corrected chi connectivity index (χ1v) is 4.56. The summed E-state index contributed by atoms with van der Waals surface area (Å²) in [6, 6.07) is 0.281. The predicted octanol–water partition coefficient (Wildman–Crippen LogP) is -0.311. The van der Waals surface area contributed by atoms with Gasteiger partial charge in [-0.2, -0.15) is 5.10 Å². The first-order chi connectivity index (χ1) is 6.25. The highest BCUT2D eigenvalue weighted by molar-refractivity contribution is 4.98. The van der Waals surface area contributed by atoms with Gasteiger partial charge in [-0.1, -0.05) is 0 Å². The molecule has 2 rings (SSSR count). The van der Waals surface area contributed by atoms with Crippen LogP contribution in [0.5, 0.6) is 0 Å². The number of nitrogens with one attached hydrogen (secondary N) is 2. The van der Waals surface area contributed by atoms with Crippen molar-refractivity contribution in [1.82, 2.24) is 25.4 Å². The molecule has 1 saturated heterocycles. The van der Waals surface area contributed by atoms with Gasteiger partial charge in [0.15, 0.2) is 5.82 Å². The van der Waals surface area contributed by atoms with E-state index in [0.29, 0.717) is 0 Å². The van der Waals surface area contributed by atoms with E-state index in [4.69, 9.17) is 0 Å². The Labute approximate surface area is 77.5 Å². The van der Waals surface area contributed by atoms with Crippen molar-refractivity contribution in [3.05, 3.63) is 11.6 Å². The van der Waals surface area contributed by atoms with E-state index in [1.165, 1.54) is 0 Å². The quantitative estimate of drug-likeness (QED) is 0.624. The molecule has 1 unspecified atom stereocenters. The van der Waals surface area contributed by atoms with Crippen LogP contribution in [-0.4, -0.2) is 46.8 Å². The van der Waals surface area contributed by atoms with E-state index >= 15 is 0 Å². The summed E-state index contributed by atoms with van der Waals surface area (Å²) in [5.74, 6) is 1.76. The molecule has 2 N–H and O–H groups in total. The molecule has 0 saturated carbocycles. The highest BCUT2D eigenvalue weighted by Crippen LogP contribution is 2.11. The van der Waals surface area contributed by atoms with Crippen molar-refractivity contribution in [2.24, 2.45) is 0 Å². The third-order valence-electron chi connectivity index (χ3n) is 2.30. The standard InChI is InChI=1S/C8H15N5/c1-6-10-8(12-11-6)7-5-13(2)4-3-9-7/h7,9H,3-5H2,1-2H3,(H,10,11,12). The first-order valence-electron chi connectivity index (χ1n) is 4.56. The summed E-state index contributed by atoms with van der Waals surface area (Å²) in [6.45, 7) is 5.01. The lowest BCUT2D eigenvalue weighted by Crippen LogP contribution is -2.44. The molecule has 0 aromatic carbocycles. The Morgan fingerprint density at radius 2 is 2.38 bits per heavy atom. The Kier molecular flexibility index (Phi) is 2.28. The summed E-state index contributed by atoms with van der Waals surface area (Å²) >= 11 is 0. The summed E-state index contributed by atoms with van der Waals surface area (Å²) in [6.07, 6.45) is 0. The number of hydrogen-bond acceptors (Lipinski definition) is 4. The molecule has 0 bridgehead atoms. The molecule has 1 atom stereocenters. The first kappa shape index (κ1) is 8.65. The van der Waals surface area contributed by atoms with Crippen molar-refractivity contribution in [3.63, 3.8) is 0 Å². The number of H-pyrrole nitrogens is 1. The summed E-state index contributed by atoms with van der Waals surface area (Å²) in [4.78, 5) is 6.60. The zero-order valence-electron chi connectivity index (χ0n) is 8.04. The van der Waals surface area contributed by atoms with Gasteiger partial charge in [0.05, 0.1) is 6.04 Å². The Hall–Kier alpha value is -0.940. The zero-order valence-corrected chi connectivity index (χ0v) is 8.04. The molecule has 0 amide bonds. The summed E-state index contributed by atoms with van der Waals surface area (Å²) in [7, 11) is 2.12. The average molecular weight is 181 g/mol. The van der Waals surface area contributed by atoms with Gasteiger partial charge in [0.2, 0.25) is 0 Å². The smallest absolute Gasteiger partial charge is 0.168 e. The van der Waals surface area contributed by atoms with Crippen molar-refractivity contribution >= 4 is 0 Å². The molecule has 13 heavy (non-hydrogen) atoms. The van der Waals surface area contributed by atoms with Crippen molar-refractivity contribution in [1.29, 1.82) is 0 Å². The number of hydrogen-bond donors (Lipinski definition) is 2. The maximum absolute atomic E-state index is 4.31. The van der Waals surface area contributed by atoms with Gasteiger partial charge in [0.25, 0.3) is 0 Å². The number of piperazine rings is 1. The molecule has 2 heterocycles. The molecular weight excluding hydrogens is 166 g/mol. The second kappa shape index (κ2) is 3.43. The predicted molar refractivity (Wildman–Crippen MR) is 49.4 cm³/mol. The number of aromatic nitrogens is 3. The lowest BCUT2D eigenvalue weighted by atomic mass is 10.2. The van der Waals surface area contributed by atoms with Gasteiger partial charge in [-0.05, 0) is 14.0 Å². The van der Waals surface area contributed by atoms with Gasteiger partial charge in [0, 0.05) is 19.6 Å². The number of aryl methyl sites for hydroxylation is 1. The van der Waals surface area contributed by atoms with Gasteiger partial charge < -0.3 is 10.2 Å². The number of aromatic amines is 1.